The van der Waals surface area contributed by atoms with E-state index < -0.39 is 0 Å². The third-order valence-corrected chi connectivity index (χ3v) is 2.05. The second-order valence-electron chi connectivity index (χ2n) is 2.80. The summed E-state index contributed by atoms with van der Waals surface area (Å²) >= 11 is 0. The van der Waals surface area contributed by atoms with Gasteiger partial charge in [0.1, 0.15) is 0 Å². The quantitative estimate of drug-likeness (QED) is 0.603. The van der Waals surface area contributed by atoms with Crippen LogP contribution in [0.5, 0.6) is 0 Å². The Balaban J connectivity index is 2.77. The Bertz CT molecular complexity index is 191. The fraction of sp³-hybridized carbons (Fsp3) is 0.625. The maximum atomic E-state index is 11.0. The minimum Gasteiger partial charge on any atom is -0.504 e. The summed E-state index contributed by atoms with van der Waals surface area (Å²) in [5.74, 6) is -0.00755. The highest BCUT2D eigenvalue weighted by Gasteiger charge is 2.28. The highest BCUT2D eigenvalue weighted by molar-refractivity contribution is 5.98. The molecule has 0 fully saturated rings. The molecule has 0 heterocycles. The predicted octanol–water partition coefficient (Wildman–Crippen LogP) is 1.82. The first-order valence-electron chi connectivity index (χ1n) is 3.59. The lowest BCUT2D eigenvalue weighted by molar-refractivity contribution is -0.120. The monoisotopic (exact) mass is 140 g/mol. The molecule has 1 aliphatic carbocycles. The number of rotatable bonds is 1. The zero-order valence-electron chi connectivity index (χ0n) is 6.35. The Labute approximate surface area is 60.6 Å². The van der Waals surface area contributed by atoms with Crippen LogP contribution >= 0.6 is 0 Å². The predicted molar refractivity (Wildman–Crippen MR) is 38.7 cm³/mol. The van der Waals surface area contributed by atoms with Crippen LogP contribution in [0.4, 0.5) is 0 Å². The number of ketones is 1. The average Bonchev–Trinajstić information content (AvgIpc) is 2.17. The topological polar surface area (TPSA) is 37.3 Å². The number of allylic oxidation sites excluding steroid dienone is 2. The molecule has 1 rings (SSSR count). The van der Waals surface area contributed by atoms with E-state index in [4.69, 9.17) is 5.11 Å². The van der Waals surface area contributed by atoms with Crippen molar-refractivity contribution in [2.75, 3.05) is 0 Å². The van der Waals surface area contributed by atoms with E-state index in [0.29, 0.717) is 0 Å². The van der Waals surface area contributed by atoms with E-state index in [0.717, 1.165) is 18.4 Å². The Morgan fingerprint density at radius 3 is 2.50 bits per heavy atom. The summed E-state index contributed by atoms with van der Waals surface area (Å²) in [6.07, 6.45) is 1.58. The maximum Gasteiger partial charge on any atom is 0.200 e. The highest BCUT2D eigenvalue weighted by Crippen LogP contribution is 2.27. The van der Waals surface area contributed by atoms with Crippen molar-refractivity contribution in [3.05, 3.63) is 11.3 Å². The summed E-state index contributed by atoms with van der Waals surface area (Å²) in [4.78, 5) is 11.0. The summed E-state index contributed by atoms with van der Waals surface area (Å²) in [6, 6.07) is 0. The Morgan fingerprint density at radius 1 is 1.70 bits per heavy atom. The van der Waals surface area contributed by atoms with Crippen LogP contribution in [-0.4, -0.2) is 10.9 Å². The van der Waals surface area contributed by atoms with Gasteiger partial charge in [0, 0.05) is 5.92 Å². The van der Waals surface area contributed by atoms with Gasteiger partial charge in [-0.25, -0.2) is 0 Å². The number of carbonyl (C=O) groups excluding carboxylic acids is 1. The highest BCUT2D eigenvalue weighted by atomic mass is 16.3. The Kier molecular flexibility index (Phi) is 1.79. The van der Waals surface area contributed by atoms with Crippen LogP contribution in [0.15, 0.2) is 11.3 Å². The number of aliphatic hydroxyl groups excluding tert-OH is 1. The standard InChI is InChI=1S/C8H12O2/c1-3-6-4-5(2)7(9)8(6)10/h6,9H,3-4H2,1-2H3/t6-/m1/s1. The van der Waals surface area contributed by atoms with Crippen molar-refractivity contribution in [3.8, 4) is 0 Å². The molecule has 0 amide bonds. The van der Waals surface area contributed by atoms with Crippen molar-refractivity contribution >= 4 is 5.78 Å². The lowest BCUT2D eigenvalue weighted by atomic mass is 10.0. The summed E-state index contributed by atoms with van der Waals surface area (Å²) in [5, 5.41) is 9.10. The fourth-order valence-electron chi connectivity index (χ4n) is 1.29. The van der Waals surface area contributed by atoms with Crippen LogP contribution in [0.3, 0.4) is 0 Å². The number of carbonyl (C=O) groups is 1. The molecule has 0 aromatic carbocycles. The van der Waals surface area contributed by atoms with Gasteiger partial charge in [0.15, 0.2) is 11.5 Å². The number of Topliss-reactive ketones (excluding diaryl/α,β-unsaturated/α-hetero) is 1. The van der Waals surface area contributed by atoms with Gasteiger partial charge in [-0.2, -0.15) is 0 Å². The van der Waals surface area contributed by atoms with Gasteiger partial charge < -0.3 is 5.11 Å². The van der Waals surface area contributed by atoms with Gasteiger partial charge in [-0.3, -0.25) is 4.79 Å². The van der Waals surface area contributed by atoms with E-state index in [9.17, 15) is 4.79 Å². The molecule has 10 heavy (non-hydrogen) atoms. The molecule has 0 radical (unpaired) electrons. The SMILES string of the molecule is CC[C@@H]1CC(C)=C(O)C1=O. The molecule has 1 N–H and O–H groups in total. The van der Waals surface area contributed by atoms with Crippen LogP contribution in [-0.2, 0) is 4.79 Å². The third kappa shape index (κ3) is 0.939. The molecule has 1 aliphatic rings. The van der Waals surface area contributed by atoms with E-state index in [1.165, 1.54) is 0 Å². The molecule has 56 valence electrons. The number of aliphatic hydroxyl groups is 1. The van der Waals surface area contributed by atoms with Crippen molar-refractivity contribution in [2.45, 2.75) is 26.7 Å². The van der Waals surface area contributed by atoms with E-state index in [-0.39, 0.29) is 17.5 Å². The zero-order valence-corrected chi connectivity index (χ0v) is 6.35. The largest absolute Gasteiger partial charge is 0.504 e. The van der Waals surface area contributed by atoms with E-state index in [1.54, 1.807) is 0 Å². The van der Waals surface area contributed by atoms with Crippen molar-refractivity contribution in [2.24, 2.45) is 5.92 Å². The smallest absolute Gasteiger partial charge is 0.200 e. The van der Waals surface area contributed by atoms with Crippen molar-refractivity contribution < 1.29 is 9.90 Å². The molecule has 0 aromatic rings. The van der Waals surface area contributed by atoms with Gasteiger partial charge in [-0.05, 0) is 25.3 Å². The molecule has 0 spiro atoms. The fourth-order valence-corrected chi connectivity index (χ4v) is 1.29. The molecular formula is C8H12O2. The maximum absolute atomic E-state index is 11.0. The van der Waals surface area contributed by atoms with E-state index >= 15 is 0 Å². The molecule has 0 unspecified atom stereocenters. The number of hydrogen-bond acceptors (Lipinski definition) is 2. The van der Waals surface area contributed by atoms with Crippen LogP contribution in [0.1, 0.15) is 26.7 Å². The molecule has 1 atom stereocenters. The van der Waals surface area contributed by atoms with Crippen LogP contribution in [0, 0.1) is 5.92 Å². The molecule has 0 aliphatic heterocycles. The Morgan fingerprint density at radius 2 is 2.30 bits per heavy atom. The van der Waals surface area contributed by atoms with Gasteiger partial charge in [0.2, 0.25) is 0 Å². The second-order valence-corrected chi connectivity index (χ2v) is 2.80. The van der Waals surface area contributed by atoms with E-state index in [2.05, 4.69) is 0 Å². The number of hydrogen-bond donors (Lipinski definition) is 1. The first kappa shape index (κ1) is 7.32. The summed E-state index contributed by atoms with van der Waals surface area (Å²) < 4.78 is 0. The summed E-state index contributed by atoms with van der Waals surface area (Å²) in [5.41, 5.74) is 0.844. The minimum atomic E-state index is -0.0694. The van der Waals surface area contributed by atoms with Crippen LogP contribution in [0.25, 0.3) is 0 Å². The first-order chi connectivity index (χ1) is 4.66. The molecule has 2 nitrogen and oxygen atoms in total. The molecular weight excluding hydrogens is 128 g/mol. The van der Waals surface area contributed by atoms with Gasteiger partial charge in [-0.15, -0.1) is 0 Å². The first-order valence-corrected chi connectivity index (χ1v) is 3.59. The van der Waals surface area contributed by atoms with Crippen LogP contribution in [0.2, 0.25) is 0 Å². The molecule has 2 heteroatoms. The van der Waals surface area contributed by atoms with Gasteiger partial charge >= 0.3 is 0 Å². The molecule has 0 saturated carbocycles. The van der Waals surface area contributed by atoms with E-state index in [1.807, 2.05) is 13.8 Å². The summed E-state index contributed by atoms with van der Waals surface area (Å²) in [6.45, 7) is 3.78. The molecule has 0 aromatic heterocycles. The van der Waals surface area contributed by atoms with Gasteiger partial charge in [0.25, 0.3) is 0 Å². The lowest BCUT2D eigenvalue weighted by Gasteiger charge is -2.00. The zero-order chi connectivity index (χ0) is 7.72. The molecule has 0 saturated heterocycles. The average molecular weight is 140 g/mol. The Hall–Kier alpha value is -0.790. The second kappa shape index (κ2) is 2.45. The lowest BCUT2D eigenvalue weighted by Crippen LogP contribution is -2.08. The van der Waals surface area contributed by atoms with Gasteiger partial charge in [0.05, 0.1) is 0 Å². The van der Waals surface area contributed by atoms with Gasteiger partial charge in [-0.1, -0.05) is 6.92 Å². The van der Waals surface area contributed by atoms with Crippen molar-refractivity contribution in [3.63, 3.8) is 0 Å². The normalized spacial score (nSPS) is 26.2. The van der Waals surface area contributed by atoms with Crippen molar-refractivity contribution in [1.29, 1.82) is 0 Å². The summed E-state index contributed by atoms with van der Waals surface area (Å²) in [7, 11) is 0. The van der Waals surface area contributed by atoms with Crippen molar-refractivity contribution in [1.82, 2.24) is 0 Å². The third-order valence-electron chi connectivity index (χ3n) is 2.05. The molecule has 0 bridgehead atoms. The minimum absolute atomic E-state index is 0.00634. The van der Waals surface area contributed by atoms with Crippen LogP contribution < -0.4 is 0 Å².